The molecule has 146 valence electrons. The lowest BCUT2D eigenvalue weighted by molar-refractivity contribution is -0.136. The highest BCUT2D eigenvalue weighted by atomic mass is 19.1. The minimum absolute atomic E-state index is 0.00306. The minimum Gasteiger partial charge on any atom is -0.345 e. The second-order valence-electron chi connectivity index (χ2n) is 7.78. The van der Waals surface area contributed by atoms with Gasteiger partial charge in [-0.25, -0.2) is 4.39 Å². The molecule has 1 heterocycles. The lowest BCUT2D eigenvalue weighted by atomic mass is 9.93. The Morgan fingerprint density at radius 1 is 0.857 bits per heavy atom. The van der Waals surface area contributed by atoms with Gasteiger partial charge < -0.3 is 10.2 Å². The van der Waals surface area contributed by atoms with Crippen LogP contribution in [0.15, 0.2) is 54.6 Å². The highest BCUT2D eigenvalue weighted by Gasteiger charge is 2.36. The molecule has 1 saturated heterocycles. The highest BCUT2D eigenvalue weighted by molar-refractivity contribution is 5.82. The molecule has 1 saturated carbocycles. The van der Waals surface area contributed by atoms with Gasteiger partial charge in [-0.05, 0) is 48.9 Å². The molecule has 2 amide bonds. The Morgan fingerprint density at radius 2 is 1.46 bits per heavy atom. The van der Waals surface area contributed by atoms with E-state index in [1.54, 1.807) is 12.1 Å². The van der Waals surface area contributed by atoms with Crippen LogP contribution >= 0.6 is 0 Å². The first-order chi connectivity index (χ1) is 13.6. The van der Waals surface area contributed by atoms with Crippen molar-refractivity contribution in [3.8, 4) is 0 Å². The first kappa shape index (κ1) is 18.7. The van der Waals surface area contributed by atoms with Crippen molar-refractivity contribution in [2.24, 2.45) is 11.8 Å². The molecule has 4 nitrogen and oxygen atoms in total. The zero-order valence-corrected chi connectivity index (χ0v) is 15.8. The standard InChI is InChI=1S/C23H25FN2O2/c24-20-10-8-17(9-11-20)21(16-4-2-1-3-5-16)25-22(27)18-12-14-26(15-13-18)23(28)19-6-7-19/h1-5,8-11,18-19,21H,6-7,12-15H2,(H,25,27). The van der Waals surface area contributed by atoms with Crippen molar-refractivity contribution in [2.45, 2.75) is 31.7 Å². The van der Waals surface area contributed by atoms with Gasteiger partial charge in [-0.3, -0.25) is 9.59 Å². The number of carbonyl (C=O) groups excluding carboxylic acids is 2. The van der Waals surface area contributed by atoms with Crippen LogP contribution in [0.25, 0.3) is 0 Å². The molecule has 1 N–H and O–H groups in total. The fraction of sp³-hybridized carbons (Fsp3) is 0.391. The van der Waals surface area contributed by atoms with Crippen molar-refractivity contribution in [1.82, 2.24) is 10.2 Å². The summed E-state index contributed by atoms with van der Waals surface area (Å²) in [6.45, 7) is 1.31. The number of carbonyl (C=O) groups is 2. The van der Waals surface area contributed by atoms with Crippen LogP contribution < -0.4 is 5.32 Å². The topological polar surface area (TPSA) is 49.4 Å². The number of benzene rings is 2. The fourth-order valence-corrected chi connectivity index (χ4v) is 3.87. The van der Waals surface area contributed by atoms with E-state index in [1.165, 1.54) is 12.1 Å². The molecule has 2 aromatic rings. The Bertz CT molecular complexity index is 825. The molecule has 0 aromatic heterocycles. The van der Waals surface area contributed by atoms with Crippen LogP contribution in [0.2, 0.25) is 0 Å². The molecule has 2 aromatic carbocycles. The Labute approximate surface area is 164 Å². The summed E-state index contributed by atoms with van der Waals surface area (Å²) in [5, 5.41) is 3.15. The SMILES string of the molecule is O=C(NC(c1ccccc1)c1ccc(F)cc1)C1CCN(C(=O)C2CC2)CC1. The number of halogens is 1. The van der Waals surface area contributed by atoms with Gasteiger partial charge in [-0.15, -0.1) is 0 Å². The first-order valence-electron chi connectivity index (χ1n) is 10.0. The predicted octanol–water partition coefficient (Wildman–Crippen LogP) is 3.68. The number of hydrogen-bond acceptors (Lipinski definition) is 2. The summed E-state index contributed by atoms with van der Waals surface area (Å²) < 4.78 is 13.3. The maximum absolute atomic E-state index is 13.3. The van der Waals surface area contributed by atoms with E-state index in [4.69, 9.17) is 0 Å². The molecule has 0 radical (unpaired) electrons. The van der Waals surface area contributed by atoms with Crippen molar-refractivity contribution in [2.75, 3.05) is 13.1 Å². The quantitative estimate of drug-likeness (QED) is 0.860. The van der Waals surface area contributed by atoms with Gasteiger partial charge in [0.15, 0.2) is 0 Å². The number of piperidine rings is 1. The molecule has 1 aliphatic carbocycles. The van der Waals surface area contributed by atoms with Gasteiger partial charge in [-0.1, -0.05) is 42.5 Å². The van der Waals surface area contributed by atoms with E-state index >= 15 is 0 Å². The zero-order valence-electron chi connectivity index (χ0n) is 15.8. The van der Waals surface area contributed by atoms with E-state index in [0.29, 0.717) is 25.9 Å². The molecule has 28 heavy (non-hydrogen) atoms. The Hall–Kier alpha value is -2.69. The molecule has 1 aliphatic heterocycles. The van der Waals surface area contributed by atoms with Crippen LogP contribution in [0, 0.1) is 17.7 Å². The van der Waals surface area contributed by atoms with Gasteiger partial charge in [0.2, 0.25) is 11.8 Å². The normalized spacial score (nSPS) is 18.5. The van der Waals surface area contributed by atoms with Crippen molar-refractivity contribution >= 4 is 11.8 Å². The van der Waals surface area contributed by atoms with Gasteiger partial charge in [0, 0.05) is 24.9 Å². The van der Waals surface area contributed by atoms with Crippen LogP contribution in [0.4, 0.5) is 4.39 Å². The number of nitrogens with zero attached hydrogens (tertiary/aromatic N) is 1. The van der Waals surface area contributed by atoms with Crippen molar-refractivity contribution in [3.05, 3.63) is 71.5 Å². The van der Waals surface area contributed by atoms with Gasteiger partial charge in [0.05, 0.1) is 6.04 Å². The molecular weight excluding hydrogens is 355 g/mol. The number of rotatable bonds is 5. The molecule has 1 unspecified atom stereocenters. The van der Waals surface area contributed by atoms with Gasteiger partial charge in [0.1, 0.15) is 5.82 Å². The van der Waals surface area contributed by atoms with Crippen LogP contribution in [0.1, 0.15) is 42.9 Å². The molecule has 5 heteroatoms. The smallest absolute Gasteiger partial charge is 0.225 e. The van der Waals surface area contributed by atoms with E-state index in [1.807, 2.05) is 35.2 Å². The Morgan fingerprint density at radius 3 is 2.07 bits per heavy atom. The summed E-state index contributed by atoms with van der Waals surface area (Å²) in [5.41, 5.74) is 1.81. The monoisotopic (exact) mass is 380 g/mol. The second kappa shape index (κ2) is 8.13. The number of amides is 2. The average Bonchev–Trinajstić information content (AvgIpc) is 3.58. The summed E-state index contributed by atoms with van der Waals surface area (Å²) in [5.74, 6) is 0.0832. The second-order valence-corrected chi connectivity index (χ2v) is 7.78. The lowest BCUT2D eigenvalue weighted by Crippen LogP contribution is -2.44. The summed E-state index contributed by atoms with van der Waals surface area (Å²) in [4.78, 5) is 27.1. The van der Waals surface area contributed by atoms with Crippen molar-refractivity contribution in [3.63, 3.8) is 0 Å². The average molecular weight is 380 g/mol. The number of hydrogen-bond donors (Lipinski definition) is 1. The summed E-state index contributed by atoms with van der Waals surface area (Å²) >= 11 is 0. The van der Waals surface area contributed by atoms with Crippen LogP contribution in [-0.4, -0.2) is 29.8 Å². The van der Waals surface area contributed by atoms with Crippen molar-refractivity contribution in [1.29, 1.82) is 0 Å². The maximum atomic E-state index is 13.3. The summed E-state index contributed by atoms with van der Waals surface area (Å²) in [6, 6.07) is 15.7. The zero-order chi connectivity index (χ0) is 19.5. The molecule has 1 atom stereocenters. The number of likely N-dealkylation sites (tertiary alicyclic amines) is 1. The number of nitrogens with one attached hydrogen (secondary N) is 1. The molecule has 2 fully saturated rings. The third-order valence-corrected chi connectivity index (χ3v) is 5.73. The molecule has 2 aliphatic rings. The lowest BCUT2D eigenvalue weighted by Gasteiger charge is -2.32. The van der Waals surface area contributed by atoms with Crippen LogP contribution in [0.5, 0.6) is 0 Å². The van der Waals surface area contributed by atoms with Gasteiger partial charge in [-0.2, -0.15) is 0 Å². The van der Waals surface area contributed by atoms with Crippen LogP contribution in [-0.2, 0) is 9.59 Å². The largest absolute Gasteiger partial charge is 0.345 e. The predicted molar refractivity (Wildman–Crippen MR) is 105 cm³/mol. The maximum Gasteiger partial charge on any atom is 0.225 e. The molecule has 4 rings (SSSR count). The van der Waals surface area contributed by atoms with E-state index in [2.05, 4.69) is 5.32 Å². The Balaban J connectivity index is 1.44. The van der Waals surface area contributed by atoms with E-state index < -0.39 is 0 Å². The first-order valence-corrected chi connectivity index (χ1v) is 10.0. The molecule has 0 bridgehead atoms. The third kappa shape index (κ3) is 4.24. The molecular formula is C23H25FN2O2. The van der Waals surface area contributed by atoms with E-state index in [0.717, 1.165) is 24.0 Å². The minimum atomic E-state index is -0.319. The summed E-state index contributed by atoms with van der Waals surface area (Å²) in [7, 11) is 0. The fourth-order valence-electron chi connectivity index (χ4n) is 3.87. The summed E-state index contributed by atoms with van der Waals surface area (Å²) in [6.07, 6.45) is 3.40. The Kier molecular flexibility index (Phi) is 5.42. The highest BCUT2D eigenvalue weighted by Crippen LogP contribution is 2.32. The third-order valence-electron chi connectivity index (χ3n) is 5.73. The van der Waals surface area contributed by atoms with E-state index in [-0.39, 0.29) is 35.5 Å². The molecule has 0 spiro atoms. The van der Waals surface area contributed by atoms with Gasteiger partial charge >= 0.3 is 0 Å². The van der Waals surface area contributed by atoms with Crippen LogP contribution in [0.3, 0.4) is 0 Å². The van der Waals surface area contributed by atoms with E-state index in [9.17, 15) is 14.0 Å². The van der Waals surface area contributed by atoms with Crippen molar-refractivity contribution < 1.29 is 14.0 Å². The van der Waals surface area contributed by atoms with Gasteiger partial charge in [0.25, 0.3) is 0 Å².